The molecule has 0 rings (SSSR count). The first kappa shape index (κ1) is 14.2. The van der Waals surface area contributed by atoms with Crippen LogP contribution in [-0.2, 0) is 0 Å². The summed E-state index contributed by atoms with van der Waals surface area (Å²) in [6, 6.07) is 1.47. The molecule has 0 aliphatic carbocycles. The average Bonchev–Trinajstić information content (AvgIpc) is 1.99. The van der Waals surface area contributed by atoms with E-state index >= 15 is 0 Å². The van der Waals surface area contributed by atoms with Gasteiger partial charge in [0.25, 0.3) is 0 Å². The van der Waals surface area contributed by atoms with Crippen LogP contribution >= 0.6 is 0 Å². The van der Waals surface area contributed by atoms with E-state index in [2.05, 4.69) is 54.6 Å². The molecular weight excluding hydrogens is 184 g/mol. The third-order valence-corrected chi connectivity index (χ3v) is 9.73. The molecule has 0 saturated carbocycles. The highest BCUT2D eigenvalue weighted by Crippen LogP contribution is 2.44. The minimum absolute atomic E-state index is 0.508. The normalized spacial score (nSPS) is 14.6. The molecule has 0 aromatic carbocycles. The van der Waals surface area contributed by atoms with Crippen LogP contribution in [0.5, 0.6) is 0 Å². The molecule has 14 heavy (non-hydrogen) atoms. The Hall–Kier alpha value is 0.217. The summed E-state index contributed by atoms with van der Waals surface area (Å²) >= 11 is 0. The molecule has 0 spiro atoms. The van der Waals surface area contributed by atoms with E-state index in [1.807, 2.05) is 0 Å². The molecule has 0 atom stereocenters. The smallest absolute Gasteiger partial charge is 0.0530 e. The minimum Gasteiger partial charge on any atom is -0.0690 e. The van der Waals surface area contributed by atoms with Crippen molar-refractivity contribution in [3.8, 4) is 0 Å². The first-order valence-electron chi connectivity index (χ1n) is 6.02. The molecule has 0 aromatic heterocycles. The second-order valence-corrected chi connectivity index (χ2v) is 12.8. The number of hydrogen-bond donors (Lipinski definition) is 0. The summed E-state index contributed by atoms with van der Waals surface area (Å²) in [6.45, 7) is 19.4. The van der Waals surface area contributed by atoms with E-state index in [1.54, 1.807) is 0 Å². The maximum Gasteiger partial charge on any atom is 0.0530 e. The zero-order chi connectivity index (χ0) is 11.6. The molecule has 0 N–H and O–H groups in total. The van der Waals surface area contributed by atoms with Gasteiger partial charge in [0, 0.05) is 0 Å². The summed E-state index contributed by atoms with van der Waals surface area (Å²) in [4.78, 5) is 0. The summed E-state index contributed by atoms with van der Waals surface area (Å²) in [6.07, 6.45) is 2.71. The Balaban J connectivity index is 4.35. The number of hydrogen-bond acceptors (Lipinski definition) is 0. The molecule has 0 aliphatic rings. The SMILES string of the molecule is CCC(C)(C)[Si](C)(C)CCC(C)(C)C. The monoisotopic (exact) mass is 214 g/mol. The van der Waals surface area contributed by atoms with Gasteiger partial charge >= 0.3 is 0 Å². The standard InChI is InChI=1S/C13H30Si/c1-9-13(5,6)14(7,8)11-10-12(2,3)4/h9-11H2,1-8H3. The first-order valence-corrected chi connectivity index (χ1v) is 9.22. The lowest BCUT2D eigenvalue weighted by molar-refractivity contribution is 0.392. The molecule has 0 radical (unpaired) electrons. The van der Waals surface area contributed by atoms with E-state index in [-0.39, 0.29) is 0 Å². The number of rotatable bonds is 4. The Kier molecular flexibility index (Phi) is 4.45. The van der Waals surface area contributed by atoms with E-state index in [0.29, 0.717) is 10.5 Å². The van der Waals surface area contributed by atoms with E-state index in [0.717, 1.165) is 0 Å². The van der Waals surface area contributed by atoms with Crippen molar-refractivity contribution < 1.29 is 0 Å². The third-order valence-electron chi connectivity index (χ3n) is 4.22. The zero-order valence-corrected chi connectivity index (χ0v) is 12.6. The summed E-state index contributed by atoms with van der Waals surface area (Å²) in [5.74, 6) is 0. The third kappa shape index (κ3) is 4.16. The van der Waals surface area contributed by atoms with Crippen LogP contribution in [0.4, 0.5) is 0 Å². The lowest BCUT2D eigenvalue weighted by atomic mass is 9.94. The molecule has 0 nitrogen and oxygen atoms in total. The zero-order valence-electron chi connectivity index (χ0n) is 11.6. The predicted octanol–water partition coefficient (Wildman–Crippen LogP) is 5.32. The lowest BCUT2D eigenvalue weighted by Crippen LogP contribution is -2.39. The van der Waals surface area contributed by atoms with Gasteiger partial charge in [0.2, 0.25) is 0 Å². The van der Waals surface area contributed by atoms with Crippen LogP contribution in [0.25, 0.3) is 0 Å². The van der Waals surface area contributed by atoms with Crippen LogP contribution in [0, 0.1) is 5.41 Å². The second kappa shape index (κ2) is 4.38. The van der Waals surface area contributed by atoms with Gasteiger partial charge in [-0.05, 0) is 10.5 Å². The fourth-order valence-corrected chi connectivity index (χ4v) is 4.51. The van der Waals surface area contributed by atoms with Crippen molar-refractivity contribution in [3.63, 3.8) is 0 Å². The molecule has 0 aliphatic heterocycles. The van der Waals surface area contributed by atoms with E-state index < -0.39 is 8.07 Å². The van der Waals surface area contributed by atoms with E-state index in [9.17, 15) is 0 Å². The Morgan fingerprint density at radius 1 is 0.929 bits per heavy atom. The van der Waals surface area contributed by atoms with E-state index in [4.69, 9.17) is 0 Å². The van der Waals surface area contributed by atoms with Crippen LogP contribution in [0.1, 0.15) is 54.4 Å². The quantitative estimate of drug-likeness (QED) is 0.556. The highest BCUT2D eigenvalue weighted by molar-refractivity contribution is 6.80. The summed E-state index contributed by atoms with van der Waals surface area (Å²) in [5, 5.41) is 0.595. The fourth-order valence-electron chi connectivity index (χ4n) is 1.50. The molecule has 0 fully saturated rings. The molecule has 0 bridgehead atoms. The van der Waals surface area contributed by atoms with Crippen LogP contribution in [0.2, 0.25) is 24.2 Å². The van der Waals surface area contributed by atoms with Crippen molar-refractivity contribution in [2.75, 3.05) is 0 Å². The van der Waals surface area contributed by atoms with Crippen molar-refractivity contribution in [3.05, 3.63) is 0 Å². The molecule has 0 unspecified atom stereocenters. The summed E-state index contributed by atoms with van der Waals surface area (Å²) < 4.78 is 0. The van der Waals surface area contributed by atoms with Gasteiger partial charge in [-0.2, -0.15) is 0 Å². The van der Waals surface area contributed by atoms with Gasteiger partial charge in [-0.3, -0.25) is 0 Å². The van der Waals surface area contributed by atoms with Gasteiger partial charge in [-0.15, -0.1) is 0 Å². The average molecular weight is 214 g/mol. The molecule has 0 saturated heterocycles. The highest BCUT2D eigenvalue weighted by Gasteiger charge is 2.37. The largest absolute Gasteiger partial charge is 0.0690 e. The Labute approximate surface area is 92.5 Å². The summed E-state index contributed by atoms with van der Waals surface area (Å²) in [5.41, 5.74) is 0.508. The van der Waals surface area contributed by atoms with Gasteiger partial charge in [-0.1, -0.05) is 73.5 Å². The Bertz CT molecular complexity index is 172. The first-order chi connectivity index (χ1) is 6.02. The highest BCUT2D eigenvalue weighted by atomic mass is 28.3. The summed E-state index contributed by atoms with van der Waals surface area (Å²) in [7, 11) is -1.04. The molecule has 1 heteroatoms. The molecule has 0 aromatic rings. The molecule has 0 heterocycles. The van der Waals surface area contributed by atoms with E-state index in [1.165, 1.54) is 18.9 Å². The van der Waals surface area contributed by atoms with Gasteiger partial charge in [-0.25, -0.2) is 0 Å². The molecular formula is C13H30Si. The van der Waals surface area contributed by atoms with Gasteiger partial charge in [0.1, 0.15) is 0 Å². The van der Waals surface area contributed by atoms with Crippen molar-refractivity contribution in [2.45, 2.75) is 78.6 Å². The maximum absolute atomic E-state index is 2.56. The van der Waals surface area contributed by atoms with Crippen molar-refractivity contribution in [1.29, 1.82) is 0 Å². The van der Waals surface area contributed by atoms with Crippen LogP contribution in [0.3, 0.4) is 0 Å². The Morgan fingerprint density at radius 3 is 1.64 bits per heavy atom. The van der Waals surface area contributed by atoms with Gasteiger partial charge < -0.3 is 0 Å². The lowest BCUT2D eigenvalue weighted by Gasteiger charge is -2.41. The predicted molar refractivity (Wildman–Crippen MR) is 70.7 cm³/mol. The van der Waals surface area contributed by atoms with Gasteiger partial charge in [0.05, 0.1) is 8.07 Å². The maximum atomic E-state index is 2.56. The van der Waals surface area contributed by atoms with Crippen molar-refractivity contribution >= 4 is 8.07 Å². The fraction of sp³-hybridized carbons (Fsp3) is 1.00. The topological polar surface area (TPSA) is 0 Å². The van der Waals surface area contributed by atoms with Crippen LogP contribution < -0.4 is 0 Å². The van der Waals surface area contributed by atoms with Gasteiger partial charge in [0.15, 0.2) is 0 Å². The van der Waals surface area contributed by atoms with Crippen molar-refractivity contribution in [2.24, 2.45) is 5.41 Å². The molecule has 86 valence electrons. The molecule has 0 amide bonds. The Morgan fingerprint density at radius 2 is 1.36 bits per heavy atom. The second-order valence-electron chi connectivity index (χ2n) is 7.18. The van der Waals surface area contributed by atoms with Crippen LogP contribution in [-0.4, -0.2) is 8.07 Å². The minimum atomic E-state index is -1.04. The van der Waals surface area contributed by atoms with Crippen molar-refractivity contribution in [1.82, 2.24) is 0 Å². The van der Waals surface area contributed by atoms with Crippen LogP contribution in [0.15, 0.2) is 0 Å².